The minimum atomic E-state index is -3.91. The van der Waals surface area contributed by atoms with E-state index in [-0.39, 0.29) is 28.8 Å². The van der Waals surface area contributed by atoms with E-state index in [0.29, 0.717) is 13.0 Å². The van der Waals surface area contributed by atoms with Gasteiger partial charge in [0.25, 0.3) is 0 Å². The first kappa shape index (κ1) is 29.8. The lowest BCUT2D eigenvalue weighted by Gasteiger charge is -2.32. The summed E-state index contributed by atoms with van der Waals surface area (Å²) in [4.78, 5) is 15.9. The SMILES string of the molecule is CN(Cc1ccc2c(c1)OCCC2NC(=O)C[C@@H](NS(=O)(=O)c1ccc2ccccc2c1)c1ccccc1)C(C)(C)C. The van der Waals surface area contributed by atoms with Crippen LogP contribution in [0.3, 0.4) is 0 Å². The van der Waals surface area contributed by atoms with Crippen molar-refractivity contribution >= 4 is 26.7 Å². The second-order valence-corrected chi connectivity index (χ2v) is 13.7. The number of benzene rings is 4. The highest BCUT2D eigenvalue weighted by Crippen LogP contribution is 2.34. The van der Waals surface area contributed by atoms with E-state index in [1.165, 1.54) is 0 Å². The molecule has 4 aromatic carbocycles. The fraction of sp³-hybridized carbons (Fsp3) is 0.324. The van der Waals surface area contributed by atoms with Crippen LogP contribution < -0.4 is 14.8 Å². The van der Waals surface area contributed by atoms with Gasteiger partial charge in [0, 0.05) is 30.5 Å². The van der Waals surface area contributed by atoms with Gasteiger partial charge >= 0.3 is 0 Å². The summed E-state index contributed by atoms with van der Waals surface area (Å²) in [6.45, 7) is 7.81. The maximum Gasteiger partial charge on any atom is 0.241 e. The van der Waals surface area contributed by atoms with E-state index >= 15 is 0 Å². The molecule has 2 atom stereocenters. The number of fused-ring (bicyclic) bond motifs is 2. The fourth-order valence-corrected chi connectivity index (χ4v) is 6.39. The number of rotatable bonds is 9. The van der Waals surface area contributed by atoms with Gasteiger partial charge in [-0.25, -0.2) is 13.1 Å². The molecule has 5 rings (SSSR count). The molecule has 0 bridgehead atoms. The van der Waals surface area contributed by atoms with E-state index in [1.807, 2.05) is 60.7 Å². The third kappa shape index (κ3) is 7.01. The minimum absolute atomic E-state index is 0.0401. The van der Waals surface area contributed by atoms with Gasteiger partial charge in [-0.15, -0.1) is 0 Å². The predicted octanol–water partition coefficient (Wildman–Crippen LogP) is 6.12. The molecule has 220 valence electrons. The molecule has 0 fully saturated rings. The van der Waals surface area contributed by atoms with Crippen molar-refractivity contribution in [1.82, 2.24) is 14.9 Å². The van der Waals surface area contributed by atoms with Crippen LogP contribution in [-0.4, -0.2) is 38.4 Å². The Bertz CT molecular complexity index is 1670. The highest BCUT2D eigenvalue weighted by Gasteiger charge is 2.28. The third-order valence-electron chi connectivity index (χ3n) is 7.94. The second-order valence-electron chi connectivity index (χ2n) is 12.0. The van der Waals surface area contributed by atoms with E-state index in [2.05, 4.69) is 54.9 Å². The van der Waals surface area contributed by atoms with Gasteiger partial charge in [0.2, 0.25) is 15.9 Å². The second kappa shape index (κ2) is 12.3. The molecule has 1 aliphatic heterocycles. The zero-order valence-corrected chi connectivity index (χ0v) is 25.4. The van der Waals surface area contributed by atoms with Crippen LogP contribution in [0.1, 0.15) is 62.4 Å². The van der Waals surface area contributed by atoms with Crippen LogP contribution in [0.15, 0.2) is 95.9 Å². The zero-order chi connectivity index (χ0) is 29.9. The molecular formula is C34H39N3O4S. The Hall–Kier alpha value is -3.72. The molecule has 7 nitrogen and oxygen atoms in total. The monoisotopic (exact) mass is 585 g/mol. The van der Waals surface area contributed by atoms with E-state index in [4.69, 9.17) is 4.74 Å². The van der Waals surface area contributed by atoms with E-state index in [0.717, 1.165) is 39.8 Å². The standard InChI is InChI=1S/C34H39N3O4S/c1-34(2,3)37(4)23-24-14-17-29-30(18-19-41-32(29)20-24)35-33(38)22-31(26-11-6-5-7-12-26)36-42(39,40)28-16-15-25-10-8-9-13-27(25)21-28/h5-17,20-21,30-31,36H,18-19,22-23H2,1-4H3,(H,35,38)/t30?,31-/m1/s1. The van der Waals surface area contributed by atoms with Crippen LogP contribution >= 0.6 is 0 Å². The van der Waals surface area contributed by atoms with E-state index in [9.17, 15) is 13.2 Å². The third-order valence-corrected chi connectivity index (χ3v) is 9.41. The Labute approximate surface area is 248 Å². The van der Waals surface area contributed by atoms with Crippen LogP contribution in [0.5, 0.6) is 5.75 Å². The van der Waals surface area contributed by atoms with E-state index < -0.39 is 16.1 Å². The van der Waals surface area contributed by atoms with Crippen LogP contribution in [-0.2, 0) is 21.4 Å². The number of carbonyl (C=O) groups excluding carboxylic acids is 1. The summed E-state index contributed by atoms with van der Waals surface area (Å²) in [6.07, 6.45) is 0.594. The van der Waals surface area contributed by atoms with Crippen molar-refractivity contribution in [2.75, 3.05) is 13.7 Å². The Morgan fingerprint density at radius 3 is 2.40 bits per heavy atom. The Morgan fingerprint density at radius 2 is 1.67 bits per heavy atom. The van der Waals surface area contributed by atoms with Gasteiger partial charge < -0.3 is 10.1 Å². The molecule has 1 heterocycles. The topological polar surface area (TPSA) is 87.7 Å². The number of nitrogens with zero attached hydrogens (tertiary/aromatic N) is 1. The molecular weight excluding hydrogens is 546 g/mol. The number of amides is 1. The van der Waals surface area contributed by atoms with Crippen molar-refractivity contribution in [3.63, 3.8) is 0 Å². The quantitative estimate of drug-likeness (QED) is 0.247. The van der Waals surface area contributed by atoms with Gasteiger partial charge in [-0.05, 0) is 67.9 Å². The number of hydrogen-bond donors (Lipinski definition) is 2. The Morgan fingerprint density at radius 1 is 0.952 bits per heavy atom. The normalized spacial score (nSPS) is 16.1. The van der Waals surface area contributed by atoms with Gasteiger partial charge in [-0.2, -0.15) is 0 Å². The summed E-state index contributed by atoms with van der Waals surface area (Å²) in [6, 6.07) is 27.1. The van der Waals surface area contributed by atoms with Crippen molar-refractivity contribution in [3.8, 4) is 5.75 Å². The first-order chi connectivity index (χ1) is 20.0. The highest BCUT2D eigenvalue weighted by atomic mass is 32.2. The smallest absolute Gasteiger partial charge is 0.241 e. The van der Waals surface area contributed by atoms with Crippen molar-refractivity contribution < 1.29 is 17.9 Å². The van der Waals surface area contributed by atoms with Gasteiger partial charge in [-0.1, -0.05) is 72.8 Å². The molecule has 0 saturated carbocycles. The number of ether oxygens (including phenoxy) is 1. The maximum atomic E-state index is 13.5. The molecule has 8 heteroatoms. The molecule has 42 heavy (non-hydrogen) atoms. The van der Waals surface area contributed by atoms with Crippen LogP contribution in [0, 0.1) is 0 Å². The Kier molecular flexibility index (Phi) is 8.68. The predicted molar refractivity (Wildman–Crippen MR) is 167 cm³/mol. The zero-order valence-electron chi connectivity index (χ0n) is 24.6. The van der Waals surface area contributed by atoms with Crippen molar-refractivity contribution in [1.29, 1.82) is 0 Å². The largest absolute Gasteiger partial charge is 0.493 e. The van der Waals surface area contributed by atoms with Crippen molar-refractivity contribution in [3.05, 3.63) is 108 Å². The lowest BCUT2D eigenvalue weighted by Crippen LogP contribution is -2.37. The minimum Gasteiger partial charge on any atom is -0.493 e. The molecule has 2 N–H and O–H groups in total. The lowest BCUT2D eigenvalue weighted by atomic mass is 9.97. The molecule has 4 aromatic rings. The molecule has 1 aliphatic rings. The summed E-state index contributed by atoms with van der Waals surface area (Å²) in [5, 5.41) is 4.94. The summed E-state index contributed by atoms with van der Waals surface area (Å²) in [5.74, 6) is 0.544. The molecule has 1 unspecified atom stereocenters. The van der Waals surface area contributed by atoms with Crippen LogP contribution in [0.4, 0.5) is 0 Å². The van der Waals surface area contributed by atoms with Gasteiger partial charge in [0.1, 0.15) is 5.75 Å². The fourth-order valence-electron chi connectivity index (χ4n) is 5.13. The first-order valence-electron chi connectivity index (χ1n) is 14.3. The van der Waals surface area contributed by atoms with E-state index in [1.54, 1.807) is 18.2 Å². The highest BCUT2D eigenvalue weighted by molar-refractivity contribution is 7.89. The average Bonchev–Trinajstić information content (AvgIpc) is 2.96. The summed E-state index contributed by atoms with van der Waals surface area (Å²) in [7, 11) is -1.81. The average molecular weight is 586 g/mol. The van der Waals surface area contributed by atoms with Gasteiger partial charge in [0.15, 0.2) is 0 Å². The molecule has 0 aromatic heterocycles. The van der Waals surface area contributed by atoms with Crippen LogP contribution in [0.25, 0.3) is 10.8 Å². The van der Waals surface area contributed by atoms with Crippen molar-refractivity contribution in [2.45, 2.75) is 62.7 Å². The summed E-state index contributed by atoms with van der Waals surface area (Å²) < 4.78 is 35.8. The van der Waals surface area contributed by atoms with Gasteiger partial charge in [-0.3, -0.25) is 9.69 Å². The summed E-state index contributed by atoms with van der Waals surface area (Å²) >= 11 is 0. The lowest BCUT2D eigenvalue weighted by molar-refractivity contribution is -0.122. The molecule has 1 amide bonds. The maximum absolute atomic E-state index is 13.5. The number of carbonyl (C=O) groups is 1. The first-order valence-corrected chi connectivity index (χ1v) is 15.8. The molecule has 0 spiro atoms. The molecule has 0 aliphatic carbocycles. The van der Waals surface area contributed by atoms with Gasteiger partial charge in [0.05, 0.1) is 23.6 Å². The summed E-state index contributed by atoms with van der Waals surface area (Å²) in [5.41, 5.74) is 2.84. The van der Waals surface area contributed by atoms with Crippen LogP contribution in [0.2, 0.25) is 0 Å². The Balaban J connectivity index is 1.32. The number of hydrogen-bond acceptors (Lipinski definition) is 5. The van der Waals surface area contributed by atoms with Crippen molar-refractivity contribution in [2.24, 2.45) is 0 Å². The number of sulfonamides is 1. The molecule has 0 saturated heterocycles. The number of nitrogens with one attached hydrogen (secondary N) is 2. The molecule has 0 radical (unpaired) electrons.